The zero-order valence-corrected chi connectivity index (χ0v) is 14.3. The second-order valence-corrected chi connectivity index (χ2v) is 6.30. The molecule has 2 aromatic rings. The molecule has 1 aromatic carbocycles. The van der Waals surface area contributed by atoms with Crippen LogP contribution in [0.15, 0.2) is 30.6 Å². The van der Waals surface area contributed by atoms with Crippen molar-refractivity contribution in [3.05, 3.63) is 52.1 Å². The molecule has 1 saturated heterocycles. The van der Waals surface area contributed by atoms with Crippen LogP contribution >= 0.6 is 0 Å². The number of nitro groups is 1. The number of aromatic nitrogens is 2. The standard InChI is InChI=1S/C17H21N5O3/c1-12-10-14(5-6-16(12)22(24)25)19-17(23)21-8-3-4-15(21)11-20-9-7-18-13(20)2/h5-7,9-10,15H,3-4,8,11H2,1-2H3,(H,19,23). The number of carbonyl (C=O) groups excluding carboxylic acids is 1. The number of nitro benzene ring substituents is 1. The molecule has 1 unspecified atom stereocenters. The summed E-state index contributed by atoms with van der Waals surface area (Å²) < 4.78 is 2.05. The number of hydrogen-bond donors (Lipinski definition) is 1. The number of imidazole rings is 1. The van der Waals surface area contributed by atoms with Crippen molar-refractivity contribution in [2.75, 3.05) is 11.9 Å². The minimum absolute atomic E-state index is 0.0487. The SMILES string of the molecule is Cc1cc(NC(=O)N2CCCC2Cn2ccnc2C)ccc1[N+](=O)[O-]. The molecular weight excluding hydrogens is 322 g/mol. The Balaban J connectivity index is 1.68. The Hall–Kier alpha value is -2.90. The molecule has 132 valence electrons. The number of nitrogens with one attached hydrogen (secondary N) is 1. The fourth-order valence-corrected chi connectivity index (χ4v) is 3.25. The topological polar surface area (TPSA) is 93.3 Å². The molecule has 0 spiro atoms. The van der Waals surface area contributed by atoms with E-state index in [2.05, 4.69) is 10.3 Å². The molecule has 1 aliphatic heterocycles. The van der Waals surface area contributed by atoms with Crippen molar-refractivity contribution in [3.8, 4) is 0 Å². The second-order valence-electron chi connectivity index (χ2n) is 6.30. The molecule has 25 heavy (non-hydrogen) atoms. The van der Waals surface area contributed by atoms with Gasteiger partial charge in [-0.05, 0) is 38.8 Å². The molecule has 8 heteroatoms. The van der Waals surface area contributed by atoms with Crippen LogP contribution in [-0.4, -0.2) is 38.0 Å². The van der Waals surface area contributed by atoms with Gasteiger partial charge in [-0.3, -0.25) is 10.1 Å². The average Bonchev–Trinajstić information content (AvgIpc) is 3.17. The molecule has 0 aliphatic carbocycles. The normalized spacial score (nSPS) is 16.9. The van der Waals surface area contributed by atoms with E-state index in [1.165, 1.54) is 6.07 Å². The number of rotatable bonds is 4. The number of urea groups is 1. The maximum atomic E-state index is 12.6. The van der Waals surface area contributed by atoms with E-state index in [-0.39, 0.29) is 17.8 Å². The summed E-state index contributed by atoms with van der Waals surface area (Å²) in [5.74, 6) is 0.929. The van der Waals surface area contributed by atoms with Gasteiger partial charge in [0.15, 0.2) is 0 Å². The lowest BCUT2D eigenvalue weighted by molar-refractivity contribution is -0.385. The number of benzene rings is 1. The molecule has 2 amide bonds. The number of hydrogen-bond acceptors (Lipinski definition) is 4. The van der Waals surface area contributed by atoms with Crippen LogP contribution in [0.4, 0.5) is 16.2 Å². The smallest absolute Gasteiger partial charge is 0.322 e. The summed E-state index contributed by atoms with van der Waals surface area (Å²) in [6.45, 7) is 5.03. The zero-order valence-electron chi connectivity index (χ0n) is 14.3. The van der Waals surface area contributed by atoms with Gasteiger partial charge in [-0.15, -0.1) is 0 Å². The summed E-state index contributed by atoms with van der Waals surface area (Å²) in [6, 6.07) is 4.55. The molecule has 0 bridgehead atoms. The summed E-state index contributed by atoms with van der Waals surface area (Å²) >= 11 is 0. The van der Waals surface area contributed by atoms with Gasteiger partial charge < -0.3 is 14.8 Å². The molecule has 0 radical (unpaired) electrons. The van der Waals surface area contributed by atoms with Gasteiger partial charge in [-0.2, -0.15) is 0 Å². The van der Waals surface area contributed by atoms with Crippen molar-refractivity contribution in [1.82, 2.24) is 14.5 Å². The second kappa shape index (κ2) is 6.92. The third-order valence-corrected chi connectivity index (χ3v) is 4.61. The molecule has 8 nitrogen and oxygen atoms in total. The van der Waals surface area contributed by atoms with Gasteiger partial charge in [0.05, 0.1) is 11.0 Å². The van der Waals surface area contributed by atoms with E-state index in [9.17, 15) is 14.9 Å². The predicted molar refractivity (Wildman–Crippen MR) is 93.5 cm³/mol. The third-order valence-electron chi connectivity index (χ3n) is 4.61. The highest BCUT2D eigenvalue weighted by Crippen LogP contribution is 2.24. The molecule has 1 fully saturated rings. The first-order valence-electron chi connectivity index (χ1n) is 8.26. The Morgan fingerprint density at radius 1 is 1.44 bits per heavy atom. The van der Waals surface area contributed by atoms with E-state index in [0.717, 1.165) is 25.2 Å². The lowest BCUT2D eigenvalue weighted by atomic mass is 10.2. The summed E-state index contributed by atoms with van der Waals surface area (Å²) in [5, 5.41) is 13.7. The van der Waals surface area contributed by atoms with Gasteiger partial charge >= 0.3 is 6.03 Å². The van der Waals surface area contributed by atoms with Gasteiger partial charge in [0.1, 0.15) is 5.82 Å². The van der Waals surface area contributed by atoms with Crippen LogP contribution in [0, 0.1) is 24.0 Å². The van der Waals surface area contributed by atoms with Crippen LogP contribution in [0.2, 0.25) is 0 Å². The number of anilines is 1. The summed E-state index contributed by atoms with van der Waals surface area (Å²) in [6.07, 6.45) is 5.59. The van der Waals surface area contributed by atoms with E-state index in [4.69, 9.17) is 0 Å². The minimum atomic E-state index is -0.426. The number of likely N-dealkylation sites (tertiary alicyclic amines) is 1. The van der Waals surface area contributed by atoms with Crippen molar-refractivity contribution in [3.63, 3.8) is 0 Å². The fourth-order valence-electron chi connectivity index (χ4n) is 3.25. The fraction of sp³-hybridized carbons (Fsp3) is 0.412. The van der Waals surface area contributed by atoms with E-state index in [0.29, 0.717) is 17.8 Å². The molecule has 1 aliphatic rings. The Labute approximate surface area is 145 Å². The maximum absolute atomic E-state index is 12.6. The largest absolute Gasteiger partial charge is 0.333 e. The number of amides is 2. The minimum Gasteiger partial charge on any atom is -0.333 e. The third kappa shape index (κ3) is 3.62. The van der Waals surface area contributed by atoms with Gasteiger partial charge in [0.2, 0.25) is 0 Å². The monoisotopic (exact) mass is 343 g/mol. The predicted octanol–water partition coefficient (Wildman–Crippen LogP) is 3.10. The van der Waals surface area contributed by atoms with Crippen molar-refractivity contribution in [2.45, 2.75) is 39.3 Å². The van der Waals surface area contributed by atoms with Crippen molar-refractivity contribution >= 4 is 17.4 Å². The highest BCUT2D eigenvalue weighted by molar-refractivity contribution is 5.90. The Morgan fingerprint density at radius 3 is 2.88 bits per heavy atom. The van der Waals surface area contributed by atoms with Crippen LogP contribution in [0.1, 0.15) is 24.2 Å². The Bertz CT molecular complexity index is 801. The van der Waals surface area contributed by atoms with Gasteiger partial charge in [-0.1, -0.05) is 0 Å². The van der Waals surface area contributed by atoms with Crippen molar-refractivity contribution < 1.29 is 9.72 Å². The van der Waals surface area contributed by atoms with Crippen LogP contribution in [0.5, 0.6) is 0 Å². The lowest BCUT2D eigenvalue weighted by Crippen LogP contribution is -2.40. The quantitative estimate of drug-likeness (QED) is 0.682. The first-order valence-corrected chi connectivity index (χ1v) is 8.26. The molecule has 1 atom stereocenters. The van der Waals surface area contributed by atoms with E-state index >= 15 is 0 Å². The number of nitrogens with zero attached hydrogens (tertiary/aromatic N) is 4. The summed E-state index contributed by atoms with van der Waals surface area (Å²) in [5.41, 5.74) is 1.14. The van der Waals surface area contributed by atoms with Crippen molar-refractivity contribution in [1.29, 1.82) is 0 Å². The van der Waals surface area contributed by atoms with E-state index in [1.54, 1.807) is 25.3 Å². The Kier molecular flexibility index (Phi) is 4.69. The molecule has 1 aromatic heterocycles. The Morgan fingerprint density at radius 2 is 2.24 bits per heavy atom. The van der Waals surface area contributed by atoms with Crippen LogP contribution < -0.4 is 5.32 Å². The van der Waals surface area contributed by atoms with Gasteiger partial charge in [0.25, 0.3) is 5.69 Å². The van der Waals surface area contributed by atoms with E-state index in [1.807, 2.05) is 22.6 Å². The van der Waals surface area contributed by atoms with Crippen LogP contribution in [0.3, 0.4) is 0 Å². The molecule has 0 saturated carbocycles. The van der Waals surface area contributed by atoms with E-state index < -0.39 is 4.92 Å². The molecule has 2 heterocycles. The highest BCUT2D eigenvalue weighted by atomic mass is 16.6. The molecule has 3 rings (SSSR count). The number of aryl methyl sites for hydroxylation is 2. The summed E-state index contributed by atoms with van der Waals surface area (Å²) in [4.78, 5) is 29.1. The average molecular weight is 343 g/mol. The highest BCUT2D eigenvalue weighted by Gasteiger charge is 2.29. The first kappa shape index (κ1) is 16.9. The summed E-state index contributed by atoms with van der Waals surface area (Å²) in [7, 11) is 0. The maximum Gasteiger partial charge on any atom is 0.322 e. The molecule has 1 N–H and O–H groups in total. The number of carbonyl (C=O) groups is 1. The van der Waals surface area contributed by atoms with Crippen LogP contribution in [-0.2, 0) is 6.54 Å². The lowest BCUT2D eigenvalue weighted by Gasteiger charge is -2.25. The van der Waals surface area contributed by atoms with Crippen molar-refractivity contribution in [2.24, 2.45) is 0 Å². The molecular formula is C17H21N5O3. The van der Waals surface area contributed by atoms with Gasteiger partial charge in [0, 0.05) is 42.8 Å². The van der Waals surface area contributed by atoms with Crippen LogP contribution in [0.25, 0.3) is 0 Å². The first-order chi connectivity index (χ1) is 12.0. The zero-order chi connectivity index (χ0) is 18.0. The van der Waals surface area contributed by atoms with Gasteiger partial charge in [-0.25, -0.2) is 9.78 Å².